The quantitative estimate of drug-likeness (QED) is 0.538. The van der Waals surface area contributed by atoms with Crippen LogP contribution in [0.2, 0.25) is 0 Å². The van der Waals surface area contributed by atoms with Crippen LogP contribution < -0.4 is 4.74 Å². The van der Waals surface area contributed by atoms with Crippen molar-refractivity contribution in [2.24, 2.45) is 5.92 Å². The van der Waals surface area contributed by atoms with E-state index in [4.69, 9.17) is 4.74 Å². The standard InChI is InChI=1S/C22H29NO/c1-7-8-10-17(4)15-23-18(5)14-20-21(23)11-9-12-22(20)24-19(6)13-16(2)3/h7-12,14,16,19H,1,4,13,15H2,2-3,5-6H3/b10-8-. The summed E-state index contributed by atoms with van der Waals surface area (Å²) in [5, 5.41) is 1.17. The molecule has 1 aromatic heterocycles. The van der Waals surface area contributed by atoms with Crippen molar-refractivity contribution in [1.29, 1.82) is 0 Å². The highest BCUT2D eigenvalue weighted by molar-refractivity contribution is 5.87. The summed E-state index contributed by atoms with van der Waals surface area (Å²) < 4.78 is 8.50. The monoisotopic (exact) mass is 323 g/mol. The smallest absolute Gasteiger partial charge is 0.129 e. The van der Waals surface area contributed by atoms with E-state index in [2.05, 4.69) is 69.7 Å². The zero-order valence-corrected chi connectivity index (χ0v) is 15.4. The summed E-state index contributed by atoms with van der Waals surface area (Å²) in [6.45, 7) is 17.3. The molecule has 1 heterocycles. The van der Waals surface area contributed by atoms with Gasteiger partial charge in [-0.3, -0.25) is 0 Å². The molecule has 2 rings (SSSR count). The van der Waals surface area contributed by atoms with E-state index >= 15 is 0 Å². The fourth-order valence-corrected chi connectivity index (χ4v) is 3.09. The molecule has 2 heteroatoms. The van der Waals surface area contributed by atoms with Gasteiger partial charge in [0.05, 0.1) is 11.6 Å². The molecular weight excluding hydrogens is 294 g/mol. The molecule has 24 heavy (non-hydrogen) atoms. The van der Waals surface area contributed by atoms with Gasteiger partial charge in [0.15, 0.2) is 0 Å². The highest BCUT2D eigenvalue weighted by Crippen LogP contribution is 2.30. The lowest BCUT2D eigenvalue weighted by Gasteiger charge is -2.17. The number of aryl methyl sites for hydroxylation is 1. The third kappa shape index (κ3) is 4.41. The first-order valence-electron chi connectivity index (χ1n) is 8.64. The fraction of sp³-hybridized carbons (Fsp3) is 0.364. The van der Waals surface area contributed by atoms with Crippen molar-refractivity contribution < 1.29 is 4.74 Å². The number of hydrogen-bond donors (Lipinski definition) is 0. The summed E-state index contributed by atoms with van der Waals surface area (Å²) in [6.07, 6.45) is 6.96. The van der Waals surface area contributed by atoms with Crippen LogP contribution in [-0.4, -0.2) is 10.7 Å². The molecular formula is C22H29NO. The molecule has 0 saturated heterocycles. The summed E-state index contributed by atoms with van der Waals surface area (Å²) in [7, 11) is 0. The molecule has 2 nitrogen and oxygen atoms in total. The minimum atomic E-state index is 0.213. The molecule has 0 spiro atoms. The van der Waals surface area contributed by atoms with Gasteiger partial charge in [-0.1, -0.05) is 51.3 Å². The van der Waals surface area contributed by atoms with E-state index in [1.165, 1.54) is 16.6 Å². The van der Waals surface area contributed by atoms with Crippen molar-refractivity contribution in [3.63, 3.8) is 0 Å². The number of allylic oxidation sites excluding steroid dienone is 4. The molecule has 0 saturated carbocycles. The topological polar surface area (TPSA) is 14.2 Å². The van der Waals surface area contributed by atoms with E-state index in [1.54, 1.807) is 6.08 Å². The minimum absolute atomic E-state index is 0.213. The maximum Gasteiger partial charge on any atom is 0.129 e. The van der Waals surface area contributed by atoms with E-state index in [0.29, 0.717) is 5.92 Å². The molecule has 2 aromatic rings. The maximum absolute atomic E-state index is 6.21. The summed E-state index contributed by atoms with van der Waals surface area (Å²) in [6, 6.07) is 8.48. The first kappa shape index (κ1) is 18.1. The van der Waals surface area contributed by atoms with Crippen molar-refractivity contribution >= 4 is 10.9 Å². The number of ether oxygens (including phenoxy) is 1. The van der Waals surface area contributed by atoms with E-state index in [0.717, 1.165) is 24.3 Å². The lowest BCUT2D eigenvalue weighted by molar-refractivity contribution is 0.195. The molecule has 0 bridgehead atoms. The lowest BCUT2D eigenvalue weighted by atomic mass is 10.1. The van der Waals surface area contributed by atoms with Gasteiger partial charge in [0, 0.05) is 17.6 Å². The van der Waals surface area contributed by atoms with Gasteiger partial charge in [-0.25, -0.2) is 0 Å². The first-order valence-corrected chi connectivity index (χ1v) is 8.64. The minimum Gasteiger partial charge on any atom is -0.490 e. The van der Waals surface area contributed by atoms with Crippen molar-refractivity contribution in [3.8, 4) is 5.75 Å². The zero-order valence-electron chi connectivity index (χ0n) is 15.4. The second-order valence-corrected chi connectivity index (χ2v) is 6.87. The second-order valence-electron chi connectivity index (χ2n) is 6.87. The molecule has 0 fully saturated rings. The van der Waals surface area contributed by atoms with Gasteiger partial charge in [0.2, 0.25) is 0 Å². The number of benzene rings is 1. The van der Waals surface area contributed by atoms with E-state index in [-0.39, 0.29) is 6.10 Å². The Morgan fingerprint density at radius 1 is 1.29 bits per heavy atom. The van der Waals surface area contributed by atoms with Crippen molar-refractivity contribution in [2.45, 2.75) is 46.8 Å². The van der Waals surface area contributed by atoms with Crippen LogP contribution in [0, 0.1) is 12.8 Å². The van der Waals surface area contributed by atoms with E-state index in [9.17, 15) is 0 Å². The van der Waals surface area contributed by atoms with Crippen molar-refractivity contribution in [3.05, 3.63) is 66.9 Å². The van der Waals surface area contributed by atoms with Gasteiger partial charge >= 0.3 is 0 Å². The highest BCUT2D eigenvalue weighted by Gasteiger charge is 2.13. The third-order valence-corrected chi connectivity index (χ3v) is 4.07. The van der Waals surface area contributed by atoms with Crippen LogP contribution in [0.1, 0.15) is 32.9 Å². The Kier molecular flexibility index (Phi) is 6.08. The normalized spacial score (nSPS) is 12.9. The Morgan fingerprint density at radius 2 is 2.04 bits per heavy atom. The number of hydrogen-bond acceptors (Lipinski definition) is 1. The third-order valence-electron chi connectivity index (χ3n) is 4.07. The Balaban J connectivity index is 2.31. The summed E-state index contributed by atoms with van der Waals surface area (Å²) >= 11 is 0. The Morgan fingerprint density at radius 3 is 2.71 bits per heavy atom. The van der Waals surface area contributed by atoms with Crippen LogP contribution in [0.5, 0.6) is 5.75 Å². The van der Waals surface area contributed by atoms with Gasteiger partial charge in [0.25, 0.3) is 0 Å². The van der Waals surface area contributed by atoms with Gasteiger partial charge in [0.1, 0.15) is 5.75 Å². The maximum atomic E-state index is 6.21. The first-order chi connectivity index (χ1) is 11.4. The van der Waals surface area contributed by atoms with Crippen LogP contribution >= 0.6 is 0 Å². The predicted molar refractivity (Wildman–Crippen MR) is 105 cm³/mol. The fourth-order valence-electron chi connectivity index (χ4n) is 3.09. The lowest BCUT2D eigenvalue weighted by Crippen LogP contribution is -2.14. The molecule has 0 aliphatic carbocycles. The Labute approximate surface area is 146 Å². The molecule has 0 radical (unpaired) electrons. The average Bonchev–Trinajstić information content (AvgIpc) is 2.82. The van der Waals surface area contributed by atoms with Crippen LogP contribution in [-0.2, 0) is 6.54 Å². The van der Waals surface area contributed by atoms with Crippen molar-refractivity contribution in [2.75, 3.05) is 0 Å². The molecule has 0 aliphatic heterocycles. The number of nitrogens with zero attached hydrogens (tertiary/aromatic N) is 1. The Hall–Kier alpha value is -2.22. The average molecular weight is 323 g/mol. The molecule has 1 unspecified atom stereocenters. The van der Waals surface area contributed by atoms with Gasteiger partial charge < -0.3 is 9.30 Å². The van der Waals surface area contributed by atoms with Crippen LogP contribution in [0.25, 0.3) is 10.9 Å². The van der Waals surface area contributed by atoms with Crippen molar-refractivity contribution in [1.82, 2.24) is 4.57 Å². The molecule has 0 N–H and O–H groups in total. The predicted octanol–water partition coefficient (Wildman–Crippen LogP) is 6.06. The van der Waals surface area contributed by atoms with Crippen LogP contribution in [0.4, 0.5) is 0 Å². The Bertz CT molecular complexity index is 749. The summed E-state index contributed by atoms with van der Waals surface area (Å²) in [5.74, 6) is 1.60. The highest BCUT2D eigenvalue weighted by atomic mass is 16.5. The second kappa shape index (κ2) is 8.05. The molecule has 128 valence electrons. The van der Waals surface area contributed by atoms with E-state index in [1.807, 2.05) is 12.2 Å². The number of rotatable bonds is 8. The van der Waals surface area contributed by atoms with Crippen LogP contribution in [0.3, 0.4) is 0 Å². The van der Waals surface area contributed by atoms with Gasteiger partial charge in [-0.15, -0.1) is 0 Å². The number of aromatic nitrogens is 1. The van der Waals surface area contributed by atoms with Gasteiger partial charge in [-0.2, -0.15) is 0 Å². The zero-order chi connectivity index (χ0) is 17.7. The largest absolute Gasteiger partial charge is 0.490 e. The molecule has 0 aliphatic rings. The van der Waals surface area contributed by atoms with Gasteiger partial charge in [-0.05, 0) is 50.0 Å². The number of fused-ring (bicyclic) bond motifs is 1. The van der Waals surface area contributed by atoms with Crippen LogP contribution in [0.15, 0.2) is 61.2 Å². The molecule has 1 aromatic carbocycles. The summed E-state index contributed by atoms with van der Waals surface area (Å²) in [5.41, 5.74) is 3.45. The SMILES string of the molecule is C=C/C=C\C(=C)Cn1c(C)cc2c(OC(C)CC(C)C)cccc21. The van der Waals surface area contributed by atoms with E-state index < -0.39 is 0 Å². The molecule has 1 atom stereocenters. The molecule has 0 amide bonds. The summed E-state index contributed by atoms with van der Waals surface area (Å²) in [4.78, 5) is 0.